The maximum atomic E-state index is 14.6. The van der Waals surface area contributed by atoms with Crippen LogP contribution in [0.4, 0.5) is 19.4 Å². The van der Waals surface area contributed by atoms with Crippen molar-refractivity contribution in [1.82, 2.24) is 20.0 Å². The lowest BCUT2D eigenvalue weighted by molar-refractivity contribution is -0.0236. The Labute approximate surface area is 204 Å². The van der Waals surface area contributed by atoms with E-state index in [1.807, 2.05) is 6.07 Å². The molecule has 36 heavy (non-hydrogen) atoms. The highest BCUT2D eigenvalue weighted by molar-refractivity contribution is 5.96. The van der Waals surface area contributed by atoms with Crippen LogP contribution in [-0.4, -0.2) is 57.9 Å². The number of nitrogens with one attached hydrogen (secondary N) is 1. The van der Waals surface area contributed by atoms with Gasteiger partial charge in [0.15, 0.2) is 0 Å². The summed E-state index contributed by atoms with van der Waals surface area (Å²) in [6, 6.07) is 13.7. The minimum absolute atomic E-state index is 0.0863. The maximum absolute atomic E-state index is 14.6. The average molecular weight is 496 g/mol. The number of carbonyl (C=O) groups is 2. The highest BCUT2D eigenvalue weighted by atomic mass is 19.3. The fraction of sp³-hybridized carbons (Fsp3) is 0.250. The molecule has 12 heteroatoms. The van der Waals surface area contributed by atoms with E-state index in [0.717, 1.165) is 10.2 Å². The number of likely N-dealkylation sites (tertiary alicyclic amines) is 1. The topological polar surface area (TPSA) is 146 Å². The largest absolute Gasteiger partial charge is 0.496 e. The summed E-state index contributed by atoms with van der Waals surface area (Å²) >= 11 is 0. The number of para-hydroxylation sites is 1. The number of alkyl halides is 2. The highest BCUT2D eigenvalue weighted by Crippen LogP contribution is 2.40. The van der Waals surface area contributed by atoms with E-state index in [1.165, 1.54) is 7.11 Å². The third kappa shape index (κ3) is 4.50. The third-order valence-corrected chi connectivity index (χ3v) is 5.94. The Morgan fingerprint density at radius 2 is 1.97 bits per heavy atom. The van der Waals surface area contributed by atoms with Crippen molar-refractivity contribution < 1.29 is 28.2 Å². The number of anilines is 1. The molecular weight excluding hydrogens is 474 g/mol. The summed E-state index contributed by atoms with van der Waals surface area (Å²) in [5.41, 5.74) is 7.59. The first kappa shape index (κ1) is 24.5. The summed E-state index contributed by atoms with van der Waals surface area (Å²) in [5, 5.41) is 25.7. The number of carboxylic acid groups (broad SMARTS) is 1. The van der Waals surface area contributed by atoms with Crippen LogP contribution >= 0.6 is 0 Å². The van der Waals surface area contributed by atoms with Crippen LogP contribution in [0.3, 0.4) is 0 Å². The van der Waals surface area contributed by atoms with Crippen molar-refractivity contribution >= 4 is 17.8 Å². The number of nitriles is 1. The Morgan fingerprint density at radius 3 is 2.58 bits per heavy atom. The molecule has 2 heterocycles. The fourth-order valence-electron chi connectivity index (χ4n) is 4.06. The molecule has 2 aromatic carbocycles. The predicted molar refractivity (Wildman–Crippen MR) is 125 cm³/mol. The molecule has 0 spiro atoms. The zero-order chi connectivity index (χ0) is 26.0. The monoisotopic (exact) mass is 496 g/mol. The van der Waals surface area contributed by atoms with Gasteiger partial charge in [-0.05, 0) is 17.7 Å². The number of rotatable bonds is 6. The van der Waals surface area contributed by atoms with Crippen molar-refractivity contribution in [1.29, 1.82) is 5.26 Å². The van der Waals surface area contributed by atoms with Gasteiger partial charge in [-0.3, -0.25) is 9.69 Å². The molecule has 3 aromatic rings. The predicted octanol–water partition coefficient (Wildman–Crippen LogP) is 3.11. The molecule has 1 fully saturated rings. The van der Waals surface area contributed by atoms with Crippen molar-refractivity contribution in [2.75, 3.05) is 25.9 Å². The number of ether oxygens (including phenoxy) is 1. The molecule has 0 bridgehead atoms. The van der Waals surface area contributed by atoms with Gasteiger partial charge in [0.05, 0.1) is 25.8 Å². The first-order valence-corrected chi connectivity index (χ1v) is 10.8. The van der Waals surface area contributed by atoms with Crippen molar-refractivity contribution in [3.05, 3.63) is 65.2 Å². The normalized spacial score (nSPS) is 16.4. The molecule has 1 saturated heterocycles. The summed E-state index contributed by atoms with van der Waals surface area (Å²) in [4.78, 5) is 24.3. The minimum Gasteiger partial charge on any atom is -0.496 e. The van der Waals surface area contributed by atoms with Gasteiger partial charge in [0.1, 0.15) is 34.9 Å². The SMILES string of the molecule is COc1ccccc1C(=O)NCc1ccc(-c2nn(C3CN(C(=O)O)CC3(F)F)c(N)c2C#N)cc1. The Hall–Kier alpha value is -4.66. The summed E-state index contributed by atoms with van der Waals surface area (Å²) < 4.78 is 35.1. The van der Waals surface area contributed by atoms with E-state index in [0.29, 0.717) is 21.8 Å². The van der Waals surface area contributed by atoms with E-state index in [1.54, 1.807) is 48.5 Å². The molecule has 1 unspecified atom stereocenters. The molecular formula is C24H22F2N6O4. The number of hydrogen-bond acceptors (Lipinski definition) is 6. The number of nitrogen functional groups attached to an aromatic ring is 1. The van der Waals surface area contributed by atoms with Crippen LogP contribution in [-0.2, 0) is 6.54 Å². The van der Waals surface area contributed by atoms with Crippen LogP contribution in [0, 0.1) is 11.3 Å². The zero-order valence-electron chi connectivity index (χ0n) is 19.1. The van der Waals surface area contributed by atoms with E-state index >= 15 is 0 Å². The molecule has 0 aliphatic carbocycles. The summed E-state index contributed by atoms with van der Waals surface area (Å²) in [5.74, 6) is -3.55. The number of hydrogen-bond donors (Lipinski definition) is 3. The Kier molecular flexibility index (Phi) is 6.48. The minimum atomic E-state index is -3.41. The summed E-state index contributed by atoms with van der Waals surface area (Å²) in [6.07, 6.45) is -1.47. The van der Waals surface area contributed by atoms with Gasteiger partial charge in [-0.25, -0.2) is 18.3 Å². The maximum Gasteiger partial charge on any atom is 0.407 e. The van der Waals surface area contributed by atoms with Crippen LogP contribution in [0.15, 0.2) is 48.5 Å². The number of aromatic nitrogens is 2. The second-order valence-electron chi connectivity index (χ2n) is 8.19. The summed E-state index contributed by atoms with van der Waals surface area (Å²) in [7, 11) is 1.48. The van der Waals surface area contributed by atoms with Crippen molar-refractivity contribution in [2.45, 2.75) is 18.5 Å². The van der Waals surface area contributed by atoms with Gasteiger partial charge in [0.25, 0.3) is 11.8 Å². The zero-order valence-corrected chi connectivity index (χ0v) is 19.1. The standard InChI is InChI=1S/C24H22F2N6O4/c1-36-18-5-3-2-4-16(18)22(33)29-11-14-6-8-15(9-7-14)20-17(10-27)21(28)32(30-20)19-12-31(23(34)35)13-24(19,25)26/h2-9,19H,11-13,28H2,1H3,(H,29,33)(H,34,35). The van der Waals surface area contributed by atoms with E-state index in [-0.39, 0.29) is 29.5 Å². The fourth-order valence-corrected chi connectivity index (χ4v) is 4.06. The van der Waals surface area contributed by atoms with Gasteiger partial charge in [0, 0.05) is 12.1 Å². The Bertz CT molecular complexity index is 1350. The lowest BCUT2D eigenvalue weighted by Crippen LogP contribution is -2.31. The molecule has 2 amide bonds. The number of benzene rings is 2. The van der Waals surface area contributed by atoms with E-state index < -0.39 is 31.1 Å². The first-order chi connectivity index (χ1) is 17.2. The van der Waals surface area contributed by atoms with Crippen molar-refractivity contribution in [2.24, 2.45) is 0 Å². The molecule has 1 aliphatic heterocycles. The van der Waals surface area contributed by atoms with Crippen LogP contribution in [0.5, 0.6) is 5.75 Å². The average Bonchev–Trinajstić information content (AvgIpc) is 3.37. The van der Waals surface area contributed by atoms with Crippen LogP contribution in [0.2, 0.25) is 0 Å². The second-order valence-corrected chi connectivity index (χ2v) is 8.19. The van der Waals surface area contributed by atoms with E-state index in [2.05, 4.69) is 10.4 Å². The Morgan fingerprint density at radius 1 is 1.28 bits per heavy atom. The number of amides is 2. The number of carbonyl (C=O) groups excluding carboxylic acids is 1. The molecule has 1 atom stereocenters. The van der Waals surface area contributed by atoms with Crippen LogP contribution in [0.1, 0.15) is 27.5 Å². The summed E-state index contributed by atoms with van der Waals surface area (Å²) in [6.45, 7) is -1.29. The molecule has 0 radical (unpaired) electrons. The number of methoxy groups -OCH3 is 1. The van der Waals surface area contributed by atoms with Crippen molar-refractivity contribution in [3.8, 4) is 23.1 Å². The first-order valence-electron chi connectivity index (χ1n) is 10.8. The molecule has 1 aromatic heterocycles. The highest BCUT2D eigenvalue weighted by Gasteiger charge is 2.52. The molecule has 4 N–H and O–H groups in total. The number of nitrogens with zero attached hydrogens (tertiary/aromatic N) is 4. The molecule has 1 aliphatic rings. The second kappa shape index (κ2) is 9.53. The van der Waals surface area contributed by atoms with Gasteiger partial charge in [0.2, 0.25) is 0 Å². The smallest absolute Gasteiger partial charge is 0.407 e. The van der Waals surface area contributed by atoms with Gasteiger partial charge in [-0.2, -0.15) is 10.4 Å². The lowest BCUT2D eigenvalue weighted by Gasteiger charge is -2.18. The Balaban J connectivity index is 1.54. The van der Waals surface area contributed by atoms with Gasteiger partial charge in [-0.1, -0.05) is 36.4 Å². The lowest BCUT2D eigenvalue weighted by atomic mass is 10.1. The van der Waals surface area contributed by atoms with Crippen LogP contribution in [0.25, 0.3) is 11.3 Å². The quantitative estimate of drug-likeness (QED) is 0.475. The van der Waals surface area contributed by atoms with Gasteiger partial charge in [-0.15, -0.1) is 0 Å². The molecule has 10 nitrogen and oxygen atoms in total. The van der Waals surface area contributed by atoms with Gasteiger partial charge >= 0.3 is 6.09 Å². The van der Waals surface area contributed by atoms with E-state index in [4.69, 9.17) is 15.6 Å². The molecule has 4 rings (SSSR count). The van der Waals surface area contributed by atoms with E-state index in [9.17, 15) is 23.6 Å². The molecule has 0 saturated carbocycles. The number of halogens is 2. The molecule has 186 valence electrons. The van der Waals surface area contributed by atoms with Crippen LogP contribution < -0.4 is 15.8 Å². The van der Waals surface area contributed by atoms with Crippen molar-refractivity contribution in [3.63, 3.8) is 0 Å². The third-order valence-electron chi connectivity index (χ3n) is 5.94. The van der Waals surface area contributed by atoms with Gasteiger partial charge < -0.3 is 20.9 Å². The number of nitrogens with two attached hydrogens (primary N) is 1.